The van der Waals surface area contributed by atoms with Gasteiger partial charge in [0.25, 0.3) is 0 Å². The molecule has 0 saturated carbocycles. The van der Waals surface area contributed by atoms with Crippen LogP contribution >= 0.6 is 0 Å². The summed E-state index contributed by atoms with van der Waals surface area (Å²) in [6, 6.07) is 9.74. The predicted octanol–water partition coefficient (Wildman–Crippen LogP) is 1.48. The lowest BCUT2D eigenvalue weighted by Gasteiger charge is -2.30. The van der Waals surface area contributed by atoms with E-state index in [1.54, 1.807) is 12.4 Å². The first-order valence-corrected chi connectivity index (χ1v) is 9.32. The van der Waals surface area contributed by atoms with Crippen molar-refractivity contribution in [3.8, 4) is 0 Å². The van der Waals surface area contributed by atoms with Crippen molar-refractivity contribution in [1.29, 1.82) is 0 Å². The van der Waals surface area contributed by atoms with Gasteiger partial charge in [-0.2, -0.15) is 0 Å². The van der Waals surface area contributed by atoms with Crippen LogP contribution in [0.2, 0.25) is 0 Å². The van der Waals surface area contributed by atoms with Crippen LogP contribution < -0.4 is 15.3 Å². The summed E-state index contributed by atoms with van der Waals surface area (Å²) in [6.45, 7) is 3.50. The van der Waals surface area contributed by atoms with Crippen LogP contribution in [-0.2, 0) is 11.2 Å². The van der Waals surface area contributed by atoms with E-state index in [0.29, 0.717) is 25.4 Å². The van der Waals surface area contributed by atoms with Gasteiger partial charge in [-0.15, -0.1) is 0 Å². The number of ether oxygens (including phenoxy) is 1. The van der Waals surface area contributed by atoms with E-state index in [1.165, 1.54) is 6.20 Å². The van der Waals surface area contributed by atoms with Crippen molar-refractivity contribution in [1.82, 2.24) is 9.97 Å². The van der Waals surface area contributed by atoms with Crippen molar-refractivity contribution in [3.05, 3.63) is 60.0 Å². The highest BCUT2D eigenvalue weighted by Gasteiger charge is 2.17. The van der Waals surface area contributed by atoms with Gasteiger partial charge in [0.05, 0.1) is 36.1 Å². The van der Waals surface area contributed by atoms with Crippen LogP contribution in [0.4, 0.5) is 11.4 Å². The number of carbonyl (C=O) groups excluding carboxylic acids is 1. The fourth-order valence-electron chi connectivity index (χ4n) is 3.49. The Hall–Kier alpha value is -3.19. The van der Waals surface area contributed by atoms with Gasteiger partial charge in [0.15, 0.2) is 0 Å². The highest BCUT2D eigenvalue weighted by Crippen LogP contribution is 2.32. The zero-order chi connectivity index (χ0) is 19.3. The Balaban J connectivity index is 1.68. The third kappa shape index (κ3) is 3.75. The summed E-state index contributed by atoms with van der Waals surface area (Å²) >= 11 is 0. The topological polar surface area (TPSA) is 90.4 Å². The van der Waals surface area contributed by atoms with Crippen molar-refractivity contribution >= 4 is 28.2 Å². The molecule has 0 aliphatic carbocycles. The molecule has 1 N–H and O–H groups in total. The molecular formula is C21H21N4O3-. The number of fused-ring (bicyclic) bond motifs is 1. The maximum absolute atomic E-state index is 11.7. The smallest absolute Gasteiger partial charge is 0.0956 e. The van der Waals surface area contributed by atoms with Crippen LogP contribution in [0, 0.1) is 0 Å². The maximum Gasteiger partial charge on any atom is 0.0956 e. The largest absolute Gasteiger partial charge is 0.545 e. The van der Waals surface area contributed by atoms with Crippen LogP contribution in [-0.4, -0.2) is 48.8 Å². The summed E-state index contributed by atoms with van der Waals surface area (Å²) < 4.78 is 5.44. The Morgan fingerprint density at radius 1 is 1.18 bits per heavy atom. The van der Waals surface area contributed by atoms with Crippen molar-refractivity contribution in [2.75, 3.05) is 43.1 Å². The molecule has 1 fully saturated rings. The van der Waals surface area contributed by atoms with Crippen molar-refractivity contribution < 1.29 is 14.6 Å². The first-order valence-electron chi connectivity index (χ1n) is 9.32. The highest BCUT2D eigenvalue weighted by atomic mass is 16.5. The molecule has 7 heteroatoms. The van der Waals surface area contributed by atoms with Gasteiger partial charge in [0.2, 0.25) is 0 Å². The molecule has 0 unspecified atom stereocenters. The van der Waals surface area contributed by atoms with E-state index in [9.17, 15) is 9.90 Å². The summed E-state index contributed by atoms with van der Waals surface area (Å²) in [4.78, 5) is 22.3. The normalized spacial score (nSPS) is 14.2. The van der Waals surface area contributed by atoms with Gasteiger partial charge < -0.3 is 24.9 Å². The van der Waals surface area contributed by atoms with Gasteiger partial charge >= 0.3 is 0 Å². The number of pyridine rings is 2. The quantitative estimate of drug-likeness (QED) is 0.696. The monoisotopic (exact) mass is 377 g/mol. The summed E-state index contributed by atoms with van der Waals surface area (Å²) in [7, 11) is 0. The maximum atomic E-state index is 11.7. The van der Waals surface area contributed by atoms with Crippen LogP contribution in [0.1, 0.15) is 15.9 Å². The van der Waals surface area contributed by atoms with Crippen LogP contribution in [0.25, 0.3) is 10.9 Å². The SMILES string of the molecule is O=C([O-])c1cnc2c(N3CCOCC3)cccc2c1NCCc1ccncc1. The van der Waals surface area contributed by atoms with Crippen molar-refractivity contribution in [2.45, 2.75) is 6.42 Å². The lowest BCUT2D eigenvalue weighted by Crippen LogP contribution is -2.36. The van der Waals surface area contributed by atoms with Crippen LogP contribution in [0.5, 0.6) is 0 Å². The third-order valence-electron chi connectivity index (χ3n) is 4.91. The molecule has 2 aromatic heterocycles. The second-order valence-corrected chi connectivity index (χ2v) is 6.64. The molecule has 3 heterocycles. The number of carboxylic acids is 1. The van der Waals surface area contributed by atoms with Crippen LogP contribution in [0.3, 0.4) is 0 Å². The molecule has 1 aliphatic rings. The Morgan fingerprint density at radius 2 is 1.96 bits per heavy atom. The number of aromatic nitrogens is 2. The van der Waals surface area contributed by atoms with Gasteiger partial charge in [0.1, 0.15) is 0 Å². The molecule has 28 heavy (non-hydrogen) atoms. The van der Waals surface area contributed by atoms with Crippen LogP contribution in [0.15, 0.2) is 48.9 Å². The summed E-state index contributed by atoms with van der Waals surface area (Å²) in [5, 5.41) is 15.7. The average Bonchev–Trinajstić information content (AvgIpc) is 2.74. The molecular weight excluding hydrogens is 356 g/mol. The fraction of sp³-hybridized carbons (Fsp3) is 0.286. The van der Waals surface area contributed by atoms with E-state index in [1.807, 2.05) is 30.3 Å². The first-order chi connectivity index (χ1) is 13.7. The first kappa shape index (κ1) is 18.2. The van der Waals surface area contributed by atoms with E-state index >= 15 is 0 Å². The minimum Gasteiger partial charge on any atom is -0.545 e. The van der Waals surface area contributed by atoms with Gasteiger partial charge in [-0.25, -0.2) is 0 Å². The van der Waals surface area contributed by atoms with E-state index in [2.05, 4.69) is 20.2 Å². The number of hydrogen-bond acceptors (Lipinski definition) is 7. The van der Waals surface area contributed by atoms with E-state index in [0.717, 1.165) is 41.7 Å². The fourth-order valence-corrected chi connectivity index (χ4v) is 3.49. The number of carboxylic acid groups (broad SMARTS) is 1. The minimum absolute atomic E-state index is 0.0707. The van der Waals surface area contributed by atoms with Gasteiger partial charge in [-0.05, 0) is 30.2 Å². The Bertz CT molecular complexity index is 972. The number of nitrogens with zero attached hydrogens (tertiary/aromatic N) is 3. The standard InChI is InChI=1S/C21H22N4O3/c26-21(27)17-14-24-20-16(2-1-3-18(20)25-10-12-28-13-11-25)19(17)23-9-6-15-4-7-22-8-5-15/h1-5,7-8,14H,6,9-13H2,(H,23,24)(H,26,27)/p-1. The van der Waals surface area contributed by atoms with E-state index in [4.69, 9.17) is 4.74 Å². The Morgan fingerprint density at radius 3 is 2.71 bits per heavy atom. The van der Waals surface area contributed by atoms with E-state index < -0.39 is 5.97 Å². The van der Waals surface area contributed by atoms with E-state index in [-0.39, 0.29) is 5.56 Å². The number of aromatic carboxylic acids is 1. The zero-order valence-electron chi connectivity index (χ0n) is 15.4. The van der Waals surface area contributed by atoms with Gasteiger partial charge in [0, 0.05) is 49.2 Å². The molecule has 0 atom stereocenters. The molecule has 7 nitrogen and oxygen atoms in total. The van der Waals surface area contributed by atoms with Crippen molar-refractivity contribution in [2.24, 2.45) is 0 Å². The van der Waals surface area contributed by atoms with Gasteiger partial charge in [-0.1, -0.05) is 12.1 Å². The molecule has 1 aromatic carbocycles. The second-order valence-electron chi connectivity index (χ2n) is 6.64. The lowest BCUT2D eigenvalue weighted by molar-refractivity contribution is -0.254. The van der Waals surface area contributed by atoms with Crippen molar-refractivity contribution in [3.63, 3.8) is 0 Å². The highest BCUT2D eigenvalue weighted by molar-refractivity contribution is 6.06. The Labute approximate surface area is 163 Å². The summed E-state index contributed by atoms with van der Waals surface area (Å²) in [5.41, 5.74) is 3.52. The number of nitrogens with one attached hydrogen (secondary N) is 1. The second kappa shape index (κ2) is 8.22. The number of anilines is 2. The molecule has 1 saturated heterocycles. The Kier molecular flexibility index (Phi) is 5.34. The third-order valence-corrected chi connectivity index (χ3v) is 4.91. The number of hydrogen-bond donors (Lipinski definition) is 1. The zero-order valence-corrected chi connectivity index (χ0v) is 15.4. The molecule has 1 aliphatic heterocycles. The molecule has 0 radical (unpaired) electrons. The number of benzene rings is 1. The minimum atomic E-state index is -1.24. The van der Waals surface area contributed by atoms with Gasteiger partial charge in [-0.3, -0.25) is 9.97 Å². The predicted molar refractivity (Wildman–Crippen MR) is 106 cm³/mol. The molecule has 0 amide bonds. The number of rotatable bonds is 6. The lowest BCUT2D eigenvalue weighted by atomic mass is 10.1. The summed E-state index contributed by atoms with van der Waals surface area (Å²) in [5.74, 6) is -1.24. The molecule has 4 rings (SSSR count). The molecule has 0 spiro atoms. The summed E-state index contributed by atoms with van der Waals surface area (Å²) in [6.07, 6.45) is 5.63. The number of para-hydroxylation sites is 1. The molecule has 0 bridgehead atoms. The number of carbonyl (C=O) groups is 1. The number of morpholine rings is 1. The molecule has 3 aromatic rings. The molecule has 144 valence electrons. The average molecular weight is 377 g/mol.